The van der Waals surface area contributed by atoms with E-state index in [9.17, 15) is 0 Å². The smallest absolute Gasteiger partial charge is 0.127 e. The maximum Gasteiger partial charge on any atom is 0.127 e. The quantitative estimate of drug-likeness (QED) is 0.427. The maximum absolute atomic E-state index is 5.91. The Morgan fingerprint density at radius 1 is 0.885 bits per heavy atom. The fraction of sp³-hybridized carbons (Fsp3) is 0.0455. The molecule has 1 heterocycles. The highest BCUT2D eigenvalue weighted by Crippen LogP contribution is 2.31. The molecule has 0 unspecified atom stereocenters. The molecule has 1 aromatic heterocycles. The number of aryl methyl sites for hydroxylation is 1. The third kappa shape index (κ3) is 3.35. The van der Waals surface area contributed by atoms with Gasteiger partial charge in [0.05, 0.1) is 12.0 Å². The first-order valence-corrected chi connectivity index (χ1v) is 8.70. The lowest BCUT2D eigenvalue weighted by atomic mass is 10.0. The average molecular weight is 361 g/mol. The van der Waals surface area contributed by atoms with E-state index in [1.165, 1.54) is 5.56 Å². The van der Waals surface area contributed by atoms with Gasteiger partial charge in [-0.15, -0.1) is 0 Å². The molecule has 0 atom stereocenters. The van der Waals surface area contributed by atoms with Crippen LogP contribution < -0.4 is 4.74 Å². The van der Waals surface area contributed by atoms with Gasteiger partial charge in [-0.3, -0.25) is 0 Å². The number of hydrogen-bond acceptors (Lipinski definition) is 2. The summed E-state index contributed by atoms with van der Waals surface area (Å²) in [5, 5.41) is 0.694. The standard InChI is InChI=1S/C22H17ClN2O/c1-16-3-2-4-21(22(16)25-14-13-24-15-25)17-5-9-19(10-6-17)26-20-11-7-18(23)8-12-20/h2-15H,1H3. The van der Waals surface area contributed by atoms with E-state index in [0.29, 0.717) is 5.02 Å². The van der Waals surface area contributed by atoms with Gasteiger partial charge in [-0.1, -0.05) is 41.9 Å². The van der Waals surface area contributed by atoms with Crippen LogP contribution in [0.4, 0.5) is 0 Å². The molecular formula is C22H17ClN2O. The van der Waals surface area contributed by atoms with E-state index in [1.54, 1.807) is 6.20 Å². The van der Waals surface area contributed by atoms with Crippen molar-refractivity contribution in [3.63, 3.8) is 0 Å². The van der Waals surface area contributed by atoms with Gasteiger partial charge in [0.1, 0.15) is 11.5 Å². The molecule has 0 saturated heterocycles. The van der Waals surface area contributed by atoms with Crippen LogP contribution in [0, 0.1) is 6.92 Å². The summed E-state index contributed by atoms with van der Waals surface area (Å²) in [5.41, 5.74) is 4.61. The van der Waals surface area contributed by atoms with Crippen molar-refractivity contribution in [2.45, 2.75) is 6.92 Å². The van der Waals surface area contributed by atoms with Crippen LogP contribution >= 0.6 is 11.6 Å². The molecule has 0 aliphatic carbocycles. The Balaban J connectivity index is 1.66. The Morgan fingerprint density at radius 2 is 1.58 bits per heavy atom. The number of hydrogen-bond donors (Lipinski definition) is 0. The summed E-state index contributed by atoms with van der Waals surface area (Å²) in [7, 11) is 0. The van der Waals surface area contributed by atoms with E-state index >= 15 is 0 Å². The van der Waals surface area contributed by atoms with Crippen LogP contribution in [0.15, 0.2) is 85.5 Å². The minimum absolute atomic E-state index is 0.694. The van der Waals surface area contributed by atoms with Gasteiger partial charge in [-0.05, 0) is 54.4 Å². The summed E-state index contributed by atoms with van der Waals surface area (Å²) in [6, 6.07) is 21.7. The third-order valence-corrected chi connectivity index (χ3v) is 4.47. The van der Waals surface area contributed by atoms with Gasteiger partial charge in [0, 0.05) is 23.0 Å². The summed E-state index contributed by atoms with van der Waals surface area (Å²) in [4.78, 5) is 4.18. The van der Waals surface area contributed by atoms with Crippen LogP contribution in [0.5, 0.6) is 11.5 Å². The van der Waals surface area contributed by atoms with Gasteiger partial charge in [0.15, 0.2) is 0 Å². The Labute approximate surface area is 157 Å². The topological polar surface area (TPSA) is 27.1 Å². The van der Waals surface area contributed by atoms with Crippen LogP contribution in [0.2, 0.25) is 5.02 Å². The number of para-hydroxylation sites is 1. The molecule has 26 heavy (non-hydrogen) atoms. The zero-order valence-corrected chi connectivity index (χ0v) is 15.0. The summed E-state index contributed by atoms with van der Waals surface area (Å²) < 4.78 is 7.92. The molecule has 0 saturated carbocycles. The Hall–Kier alpha value is -3.04. The lowest BCUT2D eigenvalue weighted by Crippen LogP contribution is -1.97. The van der Waals surface area contributed by atoms with E-state index in [1.807, 2.05) is 53.5 Å². The van der Waals surface area contributed by atoms with Gasteiger partial charge in [-0.2, -0.15) is 0 Å². The van der Waals surface area contributed by atoms with E-state index in [4.69, 9.17) is 16.3 Å². The second-order valence-electron chi connectivity index (χ2n) is 6.02. The molecule has 4 aromatic rings. The lowest BCUT2D eigenvalue weighted by Gasteiger charge is -2.14. The summed E-state index contributed by atoms with van der Waals surface area (Å²) >= 11 is 5.91. The summed E-state index contributed by atoms with van der Waals surface area (Å²) in [6.45, 7) is 2.11. The van der Waals surface area contributed by atoms with Crippen LogP contribution in [0.1, 0.15) is 5.56 Å². The second kappa shape index (κ2) is 7.06. The number of imidazole rings is 1. The van der Waals surface area contributed by atoms with Crippen molar-refractivity contribution in [2.24, 2.45) is 0 Å². The molecule has 3 nitrogen and oxygen atoms in total. The second-order valence-corrected chi connectivity index (χ2v) is 6.46. The molecule has 0 aliphatic heterocycles. The monoisotopic (exact) mass is 360 g/mol. The number of halogens is 1. The van der Waals surface area contributed by atoms with Crippen LogP contribution in [-0.4, -0.2) is 9.55 Å². The molecule has 0 amide bonds. The van der Waals surface area contributed by atoms with E-state index in [0.717, 1.165) is 28.3 Å². The summed E-state index contributed by atoms with van der Waals surface area (Å²) in [5.74, 6) is 1.55. The molecule has 0 spiro atoms. The van der Waals surface area contributed by atoms with Crippen molar-refractivity contribution < 1.29 is 4.74 Å². The zero-order valence-electron chi connectivity index (χ0n) is 14.3. The van der Waals surface area contributed by atoms with Crippen molar-refractivity contribution in [1.82, 2.24) is 9.55 Å². The van der Waals surface area contributed by atoms with E-state index in [2.05, 4.69) is 42.2 Å². The average Bonchev–Trinajstić information content (AvgIpc) is 3.18. The normalized spacial score (nSPS) is 10.7. The minimum atomic E-state index is 0.694. The molecule has 4 heteroatoms. The van der Waals surface area contributed by atoms with Crippen molar-refractivity contribution >= 4 is 11.6 Å². The first-order chi connectivity index (χ1) is 12.7. The van der Waals surface area contributed by atoms with Crippen LogP contribution in [0.25, 0.3) is 16.8 Å². The Morgan fingerprint density at radius 3 is 2.23 bits per heavy atom. The molecular weight excluding hydrogens is 344 g/mol. The third-order valence-electron chi connectivity index (χ3n) is 4.22. The van der Waals surface area contributed by atoms with Crippen LogP contribution in [0.3, 0.4) is 0 Å². The molecule has 0 fully saturated rings. The zero-order chi connectivity index (χ0) is 17.9. The number of nitrogens with zero attached hydrogens (tertiary/aromatic N) is 2. The van der Waals surface area contributed by atoms with Crippen molar-refractivity contribution in [2.75, 3.05) is 0 Å². The fourth-order valence-electron chi connectivity index (χ4n) is 2.97. The molecule has 4 rings (SSSR count). The Bertz CT molecular complexity index is 1010. The van der Waals surface area contributed by atoms with Gasteiger partial charge in [-0.25, -0.2) is 4.98 Å². The predicted octanol–water partition coefficient (Wildman–Crippen LogP) is 6.29. The predicted molar refractivity (Wildman–Crippen MR) is 105 cm³/mol. The summed E-state index contributed by atoms with van der Waals surface area (Å²) in [6.07, 6.45) is 5.58. The Kier molecular flexibility index (Phi) is 4.46. The fourth-order valence-corrected chi connectivity index (χ4v) is 3.09. The number of rotatable bonds is 4. The molecule has 3 aromatic carbocycles. The van der Waals surface area contributed by atoms with Gasteiger partial charge in [0.25, 0.3) is 0 Å². The highest BCUT2D eigenvalue weighted by molar-refractivity contribution is 6.30. The van der Waals surface area contributed by atoms with Crippen molar-refractivity contribution in [1.29, 1.82) is 0 Å². The first kappa shape index (κ1) is 16.4. The largest absolute Gasteiger partial charge is 0.457 e. The molecule has 128 valence electrons. The minimum Gasteiger partial charge on any atom is -0.457 e. The molecule has 0 radical (unpaired) electrons. The van der Waals surface area contributed by atoms with Gasteiger partial charge in [0.2, 0.25) is 0 Å². The molecule has 0 N–H and O–H groups in total. The lowest BCUT2D eigenvalue weighted by molar-refractivity contribution is 0.483. The number of aromatic nitrogens is 2. The van der Waals surface area contributed by atoms with Gasteiger partial charge < -0.3 is 9.30 Å². The molecule has 0 bridgehead atoms. The first-order valence-electron chi connectivity index (χ1n) is 8.32. The van der Waals surface area contributed by atoms with E-state index in [-0.39, 0.29) is 0 Å². The highest BCUT2D eigenvalue weighted by Gasteiger charge is 2.10. The maximum atomic E-state index is 5.91. The molecule has 0 aliphatic rings. The van der Waals surface area contributed by atoms with Crippen molar-refractivity contribution in [3.8, 4) is 28.3 Å². The van der Waals surface area contributed by atoms with Crippen molar-refractivity contribution in [3.05, 3.63) is 96.0 Å². The SMILES string of the molecule is Cc1cccc(-c2ccc(Oc3ccc(Cl)cc3)cc2)c1-n1ccnc1. The number of ether oxygens (including phenoxy) is 1. The van der Waals surface area contributed by atoms with Gasteiger partial charge >= 0.3 is 0 Å². The van der Waals surface area contributed by atoms with Crippen LogP contribution in [-0.2, 0) is 0 Å². The highest BCUT2D eigenvalue weighted by atomic mass is 35.5. The van der Waals surface area contributed by atoms with E-state index < -0.39 is 0 Å². The number of benzene rings is 3.